The van der Waals surface area contributed by atoms with Crippen LogP contribution in [-0.4, -0.2) is 96.7 Å². The van der Waals surface area contributed by atoms with Gasteiger partial charge in [-0.05, 0) is 69.1 Å². The monoisotopic (exact) mass is 1460 g/mol. The van der Waals surface area contributed by atoms with E-state index in [0.29, 0.717) is 25.7 Å². The number of allylic oxidation sites excluding steroid dienone is 4. The molecule has 0 aromatic carbocycles. The minimum atomic E-state index is -4.97. The van der Waals surface area contributed by atoms with Gasteiger partial charge in [0.1, 0.15) is 19.3 Å². The first-order valence-corrected chi connectivity index (χ1v) is 44.2. The normalized spacial score (nSPS) is 14.4. The predicted octanol–water partition coefficient (Wildman–Crippen LogP) is 23.7. The molecule has 0 bridgehead atoms. The minimum absolute atomic E-state index is 0.0840. The summed E-state index contributed by atoms with van der Waals surface area (Å²) < 4.78 is 68.7. The van der Waals surface area contributed by atoms with E-state index in [1.807, 2.05) is 0 Å². The van der Waals surface area contributed by atoms with Crippen LogP contribution in [0.25, 0.3) is 0 Å². The molecule has 0 rings (SSSR count). The van der Waals surface area contributed by atoms with Crippen LogP contribution in [0.15, 0.2) is 24.3 Å². The van der Waals surface area contributed by atoms with Crippen molar-refractivity contribution in [2.75, 3.05) is 39.6 Å². The van der Waals surface area contributed by atoms with E-state index in [9.17, 15) is 43.2 Å². The van der Waals surface area contributed by atoms with Crippen molar-refractivity contribution in [3.8, 4) is 0 Å². The Labute approximate surface area is 612 Å². The summed E-state index contributed by atoms with van der Waals surface area (Å²) in [6, 6.07) is 0. The lowest BCUT2D eigenvalue weighted by Gasteiger charge is -2.21. The first kappa shape index (κ1) is 97.5. The highest BCUT2D eigenvalue weighted by Gasteiger charge is 2.30. The van der Waals surface area contributed by atoms with Crippen LogP contribution in [0.5, 0.6) is 0 Å². The van der Waals surface area contributed by atoms with E-state index in [1.165, 1.54) is 186 Å². The van der Waals surface area contributed by atoms with Crippen molar-refractivity contribution in [1.29, 1.82) is 0 Å². The molecule has 0 amide bonds. The van der Waals surface area contributed by atoms with Crippen LogP contribution in [0.3, 0.4) is 0 Å². The first-order chi connectivity index (χ1) is 48.3. The fraction of sp³-hybridized carbons (Fsp3) is 0.901. The Morgan fingerprint density at radius 1 is 0.330 bits per heavy atom. The number of ether oxygens (including phenoxy) is 4. The summed E-state index contributed by atoms with van der Waals surface area (Å²) in [5.74, 6) is 0.182. The summed E-state index contributed by atoms with van der Waals surface area (Å²) in [6.45, 7) is 11.9. The zero-order chi connectivity index (χ0) is 73.7. The molecule has 0 aromatic rings. The van der Waals surface area contributed by atoms with E-state index in [4.69, 9.17) is 37.0 Å². The molecule has 3 N–H and O–H groups in total. The number of hydrogen-bond donors (Lipinski definition) is 3. The number of aliphatic hydroxyl groups is 1. The van der Waals surface area contributed by atoms with Crippen LogP contribution in [-0.2, 0) is 65.4 Å². The lowest BCUT2D eigenvalue weighted by Crippen LogP contribution is -2.30. The molecule has 19 heteroatoms. The molecule has 0 aromatic heterocycles. The van der Waals surface area contributed by atoms with Gasteiger partial charge in [-0.3, -0.25) is 37.3 Å². The molecule has 0 aliphatic heterocycles. The van der Waals surface area contributed by atoms with E-state index in [2.05, 4.69) is 72.8 Å². The second-order valence-corrected chi connectivity index (χ2v) is 32.6. The number of phosphoric ester groups is 2. The smallest absolute Gasteiger partial charge is 0.462 e. The van der Waals surface area contributed by atoms with Crippen LogP contribution >= 0.6 is 15.6 Å². The number of unbranched alkanes of at least 4 members (excludes halogenated alkanes) is 41. The van der Waals surface area contributed by atoms with Gasteiger partial charge in [0.2, 0.25) is 0 Å². The third-order valence-corrected chi connectivity index (χ3v) is 20.5. The van der Waals surface area contributed by atoms with Crippen molar-refractivity contribution < 1.29 is 80.2 Å². The zero-order valence-electron chi connectivity index (χ0n) is 65.2. The van der Waals surface area contributed by atoms with Gasteiger partial charge in [0.15, 0.2) is 12.2 Å². The maximum atomic E-state index is 13.1. The molecule has 0 radical (unpaired) electrons. The molecule has 0 spiro atoms. The molecule has 590 valence electrons. The van der Waals surface area contributed by atoms with Gasteiger partial charge in [-0.1, -0.05) is 342 Å². The number of hydrogen-bond acceptors (Lipinski definition) is 15. The number of carbonyl (C=O) groups is 4. The quantitative estimate of drug-likeness (QED) is 0.0169. The maximum absolute atomic E-state index is 13.1. The maximum Gasteiger partial charge on any atom is 0.472 e. The van der Waals surface area contributed by atoms with Crippen LogP contribution in [0.1, 0.15) is 395 Å². The Balaban J connectivity index is 5.28. The summed E-state index contributed by atoms with van der Waals surface area (Å²) in [6.07, 6.45) is 61.9. The van der Waals surface area contributed by atoms with Crippen molar-refractivity contribution >= 4 is 39.5 Å². The fourth-order valence-corrected chi connectivity index (χ4v) is 13.5. The molecule has 0 aliphatic carbocycles. The third kappa shape index (κ3) is 72.5. The van der Waals surface area contributed by atoms with Crippen molar-refractivity contribution in [3.63, 3.8) is 0 Å². The first-order valence-electron chi connectivity index (χ1n) is 41.2. The van der Waals surface area contributed by atoms with Gasteiger partial charge in [-0.2, -0.15) is 0 Å². The Bertz CT molecular complexity index is 2040. The molecule has 0 saturated heterocycles. The van der Waals surface area contributed by atoms with E-state index in [1.54, 1.807) is 0 Å². The van der Waals surface area contributed by atoms with Crippen molar-refractivity contribution in [2.45, 2.75) is 414 Å². The molecule has 0 fully saturated rings. The Morgan fingerprint density at radius 2 is 0.590 bits per heavy atom. The van der Waals surface area contributed by atoms with Crippen LogP contribution < -0.4 is 0 Å². The zero-order valence-corrected chi connectivity index (χ0v) is 66.9. The number of rotatable bonds is 77. The van der Waals surface area contributed by atoms with Gasteiger partial charge in [0, 0.05) is 25.7 Å². The number of aliphatic hydroxyl groups excluding tert-OH is 1. The largest absolute Gasteiger partial charge is 0.472 e. The highest BCUT2D eigenvalue weighted by molar-refractivity contribution is 7.47. The standard InChI is InChI=1S/C81H154O17P2/c1-8-10-11-12-13-14-15-16-19-25-31-36-41-50-57-65-81(86)98-77(69-92-79(84)63-56-49-44-43-47-54-61-74(7)9-2)71-96-100(89,90)94-67-75(82)66-93-99(87,88)95-70-76(68-91-78(83)62-55-48-40-35-30-27-22-24-29-34-39-46-53-60-73(5)6)97-80(85)64-58-51-42-37-32-26-21-18-17-20-23-28-33-38-45-52-59-72(3)4/h14-16,19,72-77,82H,8-13,17-18,20-71H2,1-7H3,(H,87,88)(H,89,90)/b15-14-,19-16-/t74?,75-,76-,77-/m1/s1. The summed E-state index contributed by atoms with van der Waals surface area (Å²) in [4.78, 5) is 73.0. The lowest BCUT2D eigenvalue weighted by molar-refractivity contribution is -0.161. The van der Waals surface area contributed by atoms with E-state index >= 15 is 0 Å². The number of carbonyl (C=O) groups excluding carboxylic acids is 4. The van der Waals surface area contributed by atoms with E-state index in [0.717, 1.165) is 127 Å². The highest BCUT2D eigenvalue weighted by atomic mass is 31.2. The minimum Gasteiger partial charge on any atom is -0.462 e. The molecule has 17 nitrogen and oxygen atoms in total. The predicted molar refractivity (Wildman–Crippen MR) is 409 cm³/mol. The SMILES string of the molecule is CCCCCC/C=C\C=C/CCCCCCCC(=O)O[C@H](COC(=O)CCCCCCCCC(C)CC)COP(=O)(O)OC[C@H](O)COP(=O)(O)OC[C@@H](COC(=O)CCCCCCCCCCCCCCCC(C)C)OC(=O)CCCCCCCCCCCCCCCCCCC(C)C. The molecule has 0 aliphatic rings. The van der Waals surface area contributed by atoms with Gasteiger partial charge in [0.25, 0.3) is 0 Å². The average molecular weight is 1460 g/mol. The second kappa shape index (κ2) is 70.8. The highest BCUT2D eigenvalue weighted by Crippen LogP contribution is 2.45. The van der Waals surface area contributed by atoms with Crippen LogP contribution in [0, 0.1) is 17.8 Å². The summed E-state index contributed by atoms with van der Waals surface area (Å²) in [5, 5.41) is 10.6. The lowest BCUT2D eigenvalue weighted by atomic mass is 10.00. The second-order valence-electron chi connectivity index (χ2n) is 29.7. The van der Waals surface area contributed by atoms with Crippen LogP contribution in [0.4, 0.5) is 0 Å². The molecule has 0 heterocycles. The topological polar surface area (TPSA) is 237 Å². The fourth-order valence-electron chi connectivity index (χ4n) is 11.9. The van der Waals surface area contributed by atoms with Crippen LogP contribution in [0.2, 0.25) is 0 Å². The Morgan fingerprint density at radius 3 is 0.890 bits per heavy atom. The van der Waals surface area contributed by atoms with Crippen molar-refractivity contribution in [1.82, 2.24) is 0 Å². The summed E-state index contributed by atoms with van der Waals surface area (Å²) in [7, 11) is -9.93. The molecule has 3 unspecified atom stereocenters. The number of esters is 4. The van der Waals surface area contributed by atoms with Gasteiger partial charge >= 0.3 is 39.5 Å². The van der Waals surface area contributed by atoms with E-state index < -0.39 is 97.5 Å². The molecular weight excluding hydrogens is 1310 g/mol. The van der Waals surface area contributed by atoms with Gasteiger partial charge < -0.3 is 33.8 Å². The number of phosphoric acid groups is 2. The van der Waals surface area contributed by atoms with Gasteiger partial charge in [-0.15, -0.1) is 0 Å². The van der Waals surface area contributed by atoms with Gasteiger partial charge in [0.05, 0.1) is 26.4 Å². The summed E-state index contributed by atoms with van der Waals surface area (Å²) in [5.41, 5.74) is 0. The van der Waals surface area contributed by atoms with Crippen molar-refractivity contribution in [3.05, 3.63) is 24.3 Å². The summed E-state index contributed by atoms with van der Waals surface area (Å²) >= 11 is 0. The Hall–Kier alpha value is -2.46. The Kier molecular flexibility index (Phi) is 69.1. The average Bonchev–Trinajstić information content (AvgIpc) is 0.960. The molecular formula is C81H154O17P2. The van der Waals surface area contributed by atoms with Gasteiger partial charge in [-0.25, -0.2) is 9.13 Å². The molecule has 0 saturated carbocycles. The third-order valence-electron chi connectivity index (χ3n) is 18.6. The molecule has 100 heavy (non-hydrogen) atoms. The van der Waals surface area contributed by atoms with E-state index in [-0.39, 0.29) is 25.7 Å². The molecule has 6 atom stereocenters. The van der Waals surface area contributed by atoms with Crippen molar-refractivity contribution in [2.24, 2.45) is 17.8 Å².